The van der Waals surface area contributed by atoms with Crippen LogP contribution in [0.15, 0.2) is 61.4 Å². The lowest BCUT2D eigenvalue weighted by atomic mass is 10.2. The second-order valence-corrected chi connectivity index (χ2v) is 6.86. The Kier molecular flexibility index (Phi) is 3.61. The molecule has 0 radical (unpaired) electrons. The van der Waals surface area contributed by atoms with Crippen LogP contribution in [0.2, 0.25) is 0 Å². The van der Waals surface area contributed by atoms with Gasteiger partial charge in [-0.1, -0.05) is 23.9 Å². The van der Waals surface area contributed by atoms with E-state index >= 15 is 0 Å². The second-order valence-electron chi connectivity index (χ2n) is 5.92. The molecule has 0 saturated carbocycles. The van der Waals surface area contributed by atoms with Gasteiger partial charge >= 0.3 is 0 Å². The molecular weight excluding hydrogens is 366 g/mol. The van der Waals surface area contributed by atoms with Crippen molar-refractivity contribution < 1.29 is 8.83 Å². The standard InChI is InChI=1S/C18H13N5O3S/c1-23-16(12-7-4-8-25-12)21-22-18(23)27-9-13-19-14-10-5-2-3-6-11(10)26-15(14)17(24)20-13/h2-8H,9H2,1H3,(H,19,20,24). The molecule has 0 fully saturated rings. The van der Waals surface area contributed by atoms with E-state index in [2.05, 4.69) is 20.2 Å². The van der Waals surface area contributed by atoms with E-state index in [4.69, 9.17) is 8.83 Å². The molecular formula is C18H13N5O3S. The van der Waals surface area contributed by atoms with Crippen molar-refractivity contribution in [2.45, 2.75) is 10.9 Å². The lowest BCUT2D eigenvalue weighted by molar-refractivity contribution is 0.572. The van der Waals surface area contributed by atoms with Gasteiger partial charge in [-0.15, -0.1) is 10.2 Å². The first-order chi connectivity index (χ1) is 13.2. The number of nitrogens with one attached hydrogen (secondary N) is 1. The van der Waals surface area contributed by atoms with Crippen molar-refractivity contribution in [3.63, 3.8) is 0 Å². The Labute approximate surface area is 156 Å². The highest BCUT2D eigenvalue weighted by atomic mass is 32.2. The molecule has 9 heteroatoms. The molecule has 0 aliphatic heterocycles. The fourth-order valence-electron chi connectivity index (χ4n) is 2.91. The number of para-hydroxylation sites is 1. The molecule has 5 aromatic rings. The maximum atomic E-state index is 12.4. The molecule has 0 bridgehead atoms. The minimum Gasteiger partial charge on any atom is -0.461 e. The van der Waals surface area contributed by atoms with Crippen molar-refractivity contribution in [3.8, 4) is 11.6 Å². The molecule has 0 amide bonds. The Morgan fingerprint density at radius 3 is 2.93 bits per heavy atom. The van der Waals surface area contributed by atoms with E-state index in [1.165, 1.54) is 11.8 Å². The Hall–Kier alpha value is -3.33. The summed E-state index contributed by atoms with van der Waals surface area (Å²) in [5.74, 6) is 2.27. The SMILES string of the molecule is Cn1c(SCc2nc3c(oc4ccccc43)c(=O)[nH]2)nnc1-c1ccco1. The van der Waals surface area contributed by atoms with E-state index in [9.17, 15) is 4.79 Å². The summed E-state index contributed by atoms with van der Waals surface area (Å²) in [5.41, 5.74) is 1.16. The third-order valence-corrected chi connectivity index (χ3v) is 5.23. The number of aromatic nitrogens is 5. The molecule has 0 saturated heterocycles. The Morgan fingerprint density at radius 1 is 1.19 bits per heavy atom. The van der Waals surface area contributed by atoms with Gasteiger partial charge in [0.2, 0.25) is 5.58 Å². The molecule has 5 rings (SSSR count). The molecule has 1 aromatic carbocycles. The van der Waals surface area contributed by atoms with Crippen molar-refractivity contribution in [3.05, 3.63) is 58.8 Å². The van der Waals surface area contributed by atoms with E-state index in [0.29, 0.717) is 39.4 Å². The van der Waals surface area contributed by atoms with Crippen molar-refractivity contribution in [1.29, 1.82) is 0 Å². The third kappa shape index (κ3) is 2.63. The van der Waals surface area contributed by atoms with Crippen LogP contribution in [0.4, 0.5) is 0 Å². The number of fused-ring (bicyclic) bond motifs is 3. The normalized spacial score (nSPS) is 11.6. The summed E-state index contributed by atoms with van der Waals surface area (Å²) in [4.78, 5) is 19.7. The molecule has 0 atom stereocenters. The van der Waals surface area contributed by atoms with E-state index in [1.807, 2.05) is 41.9 Å². The van der Waals surface area contributed by atoms with E-state index in [0.717, 1.165) is 5.39 Å². The van der Waals surface area contributed by atoms with Gasteiger partial charge in [0.05, 0.1) is 12.0 Å². The van der Waals surface area contributed by atoms with E-state index in [-0.39, 0.29) is 11.1 Å². The van der Waals surface area contributed by atoms with Crippen LogP contribution in [0.3, 0.4) is 0 Å². The molecule has 27 heavy (non-hydrogen) atoms. The van der Waals surface area contributed by atoms with Gasteiger partial charge in [-0.2, -0.15) is 0 Å². The number of hydrogen-bond donors (Lipinski definition) is 1. The van der Waals surface area contributed by atoms with Gasteiger partial charge in [0.15, 0.2) is 16.7 Å². The average molecular weight is 379 g/mol. The van der Waals surface area contributed by atoms with E-state index < -0.39 is 0 Å². The fourth-order valence-corrected chi connectivity index (χ4v) is 3.69. The largest absolute Gasteiger partial charge is 0.461 e. The van der Waals surface area contributed by atoms with Crippen LogP contribution < -0.4 is 5.56 Å². The summed E-state index contributed by atoms with van der Waals surface area (Å²) >= 11 is 1.43. The molecule has 0 unspecified atom stereocenters. The number of furan rings is 2. The summed E-state index contributed by atoms with van der Waals surface area (Å²) in [6.07, 6.45) is 1.59. The zero-order valence-electron chi connectivity index (χ0n) is 14.2. The summed E-state index contributed by atoms with van der Waals surface area (Å²) in [6, 6.07) is 11.1. The number of H-pyrrole nitrogens is 1. The number of hydrogen-bond acceptors (Lipinski definition) is 7. The van der Waals surface area contributed by atoms with Gasteiger partial charge in [-0.3, -0.25) is 4.79 Å². The average Bonchev–Trinajstić information content (AvgIpc) is 3.39. The molecule has 4 heterocycles. The van der Waals surface area contributed by atoms with Gasteiger partial charge in [-0.25, -0.2) is 4.98 Å². The first-order valence-corrected chi connectivity index (χ1v) is 9.16. The lowest BCUT2D eigenvalue weighted by Gasteiger charge is -2.02. The first-order valence-electron chi connectivity index (χ1n) is 8.17. The van der Waals surface area contributed by atoms with Crippen LogP contribution in [0.5, 0.6) is 0 Å². The molecule has 4 aromatic heterocycles. The van der Waals surface area contributed by atoms with Gasteiger partial charge in [-0.05, 0) is 24.3 Å². The van der Waals surface area contributed by atoms with Crippen molar-refractivity contribution in [2.75, 3.05) is 0 Å². The predicted molar refractivity (Wildman–Crippen MR) is 100 cm³/mol. The van der Waals surface area contributed by atoms with Gasteiger partial charge in [0, 0.05) is 12.4 Å². The maximum Gasteiger partial charge on any atom is 0.294 e. The minimum absolute atomic E-state index is 0.240. The molecule has 134 valence electrons. The summed E-state index contributed by atoms with van der Waals surface area (Å²) in [7, 11) is 1.86. The van der Waals surface area contributed by atoms with Crippen molar-refractivity contribution >= 4 is 33.8 Å². The topological polar surface area (TPSA) is 103 Å². The van der Waals surface area contributed by atoms with E-state index in [1.54, 1.807) is 12.3 Å². The van der Waals surface area contributed by atoms with Crippen LogP contribution in [-0.4, -0.2) is 24.7 Å². The number of nitrogens with zero attached hydrogens (tertiary/aromatic N) is 4. The highest BCUT2D eigenvalue weighted by Gasteiger charge is 2.16. The Morgan fingerprint density at radius 2 is 2.07 bits per heavy atom. The number of rotatable bonds is 4. The zero-order chi connectivity index (χ0) is 18.4. The number of benzene rings is 1. The van der Waals surface area contributed by atoms with Crippen LogP contribution in [-0.2, 0) is 12.8 Å². The summed E-state index contributed by atoms with van der Waals surface area (Å²) < 4.78 is 12.8. The fraction of sp³-hybridized carbons (Fsp3) is 0.111. The number of aromatic amines is 1. The zero-order valence-corrected chi connectivity index (χ0v) is 15.0. The van der Waals surface area contributed by atoms with Gasteiger partial charge in [0.25, 0.3) is 5.56 Å². The van der Waals surface area contributed by atoms with Crippen molar-refractivity contribution in [1.82, 2.24) is 24.7 Å². The monoisotopic (exact) mass is 379 g/mol. The highest BCUT2D eigenvalue weighted by Crippen LogP contribution is 2.27. The molecule has 0 spiro atoms. The molecule has 0 aliphatic rings. The molecule has 1 N–H and O–H groups in total. The van der Waals surface area contributed by atoms with Gasteiger partial charge < -0.3 is 18.4 Å². The maximum absolute atomic E-state index is 12.4. The Bertz CT molecular complexity index is 1320. The molecule has 0 aliphatic carbocycles. The van der Waals surface area contributed by atoms with Crippen LogP contribution in [0.1, 0.15) is 5.82 Å². The quantitative estimate of drug-likeness (QED) is 0.478. The smallest absolute Gasteiger partial charge is 0.294 e. The number of thioether (sulfide) groups is 1. The first kappa shape index (κ1) is 15.9. The second kappa shape index (κ2) is 6.13. The van der Waals surface area contributed by atoms with Crippen LogP contribution in [0.25, 0.3) is 33.7 Å². The highest BCUT2D eigenvalue weighted by molar-refractivity contribution is 7.98. The molecule has 8 nitrogen and oxygen atoms in total. The summed E-state index contributed by atoms with van der Waals surface area (Å²) in [5, 5.41) is 9.87. The predicted octanol–water partition coefficient (Wildman–Crippen LogP) is 3.35. The lowest BCUT2D eigenvalue weighted by Crippen LogP contribution is -2.10. The van der Waals surface area contributed by atoms with Crippen LogP contribution in [0, 0.1) is 0 Å². The van der Waals surface area contributed by atoms with Crippen LogP contribution >= 0.6 is 11.8 Å². The van der Waals surface area contributed by atoms with Gasteiger partial charge in [0.1, 0.15) is 16.9 Å². The minimum atomic E-state index is -0.291. The van der Waals surface area contributed by atoms with Crippen molar-refractivity contribution in [2.24, 2.45) is 7.05 Å². The summed E-state index contributed by atoms with van der Waals surface area (Å²) in [6.45, 7) is 0. The third-order valence-electron chi connectivity index (χ3n) is 4.19. The Balaban J connectivity index is 1.47.